The lowest BCUT2D eigenvalue weighted by molar-refractivity contribution is -0.120. The first-order valence-corrected chi connectivity index (χ1v) is 7.96. The van der Waals surface area contributed by atoms with Crippen molar-refractivity contribution in [3.63, 3.8) is 0 Å². The number of rotatable bonds is 5. The van der Waals surface area contributed by atoms with E-state index in [0.717, 1.165) is 5.56 Å². The van der Waals surface area contributed by atoms with E-state index >= 15 is 0 Å². The molecule has 0 fully saturated rings. The minimum absolute atomic E-state index is 0.144. The van der Waals surface area contributed by atoms with Crippen molar-refractivity contribution < 1.29 is 9.32 Å². The molecule has 24 heavy (non-hydrogen) atoms. The third-order valence-electron chi connectivity index (χ3n) is 3.30. The van der Waals surface area contributed by atoms with Crippen molar-refractivity contribution in [1.82, 2.24) is 15.5 Å². The molecule has 1 aromatic heterocycles. The van der Waals surface area contributed by atoms with Crippen LogP contribution in [0.5, 0.6) is 0 Å². The number of amides is 1. The molecule has 0 spiro atoms. The smallest absolute Gasteiger partial charge is 0.246 e. The van der Waals surface area contributed by atoms with E-state index in [9.17, 15) is 4.79 Å². The zero-order valence-corrected chi connectivity index (χ0v) is 14.0. The van der Waals surface area contributed by atoms with Crippen LogP contribution in [0, 0.1) is 0 Å². The second-order valence-electron chi connectivity index (χ2n) is 5.07. The van der Waals surface area contributed by atoms with Crippen molar-refractivity contribution in [3.05, 3.63) is 70.0 Å². The first kappa shape index (κ1) is 16.5. The van der Waals surface area contributed by atoms with Crippen LogP contribution in [-0.4, -0.2) is 16.0 Å². The highest BCUT2D eigenvalue weighted by Gasteiger charge is 2.12. The zero-order valence-electron chi connectivity index (χ0n) is 12.5. The van der Waals surface area contributed by atoms with E-state index in [-0.39, 0.29) is 18.9 Å². The lowest BCUT2D eigenvalue weighted by Crippen LogP contribution is -2.24. The predicted molar refractivity (Wildman–Crippen MR) is 91.7 cm³/mol. The average molecular weight is 362 g/mol. The van der Waals surface area contributed by atoms with Gasteiger partial charge < -0.3 is 9.84 Å². The third-order valence-corrected chi connectivity index (χ3v) is 3.88. The number of nitrogens with zero attached hydrogens (tertiary/aromatic N) is 2. The summed E-state index contributed by atoms with van der Waals surface area (Å²) in [5.74, 6) is 0.562. The normalized spacial score (nSPS) is 10.6. The van der Waals surface area contributed by atoms with Gasteiger partial charge in [0, 0.05) is 10.6 Å². The van der Waals surface area contributed by atoms with Crippen LogP contribution in [0.3, 0.4) is 0 Å². The van der Waals surface area contributed by atoms with E-state index in [1.54, 1.807) is 24.3 Å². The van der Waals surface area contributed by atoms with Gasteiger partial charge in [0.15, 0.2) is 0 Å². The number of nitrogens with one attached hydrogen (secondary N) is 1. The van der Waals surface area contributed by atoms with Gasteiger partial charge in [-0.05, 0) is 29.8 Å². The summed E-state index contributed by atoms with van der Waals surface area (Å²) in [6, 6.07) is 14.3. The topological polar surface area (TPSA) is 68.0 Å². The summed E-state index contributed by atoms with van der Waals surface area (Å²) in [6.07, 6.45) is 0.253. The highest BCUT2D eigenvalue weighted by Crippen LogP contribution is 2.24. The molecule has 0 saturated carbocycles. The quantitative estimate of drug-likeness (QED) is 0.748. The Hall–Kier alpha value is -2.37. The van der Waals surface area contributed by atoms with Crippen molar-refractivity contribution in [1.29, 1.82) is 0 Å². The van der Waals surface area contributed by atoms with Gasteiger partial charge in [0.2, 0.25) is 17.6 Å². The lowest BCUT2D eigenvalue weighted by Gasteiger charge is -2.02. The Balaban J connectivity index is 1.58. The van der Waals surface area contributed by atoms with Gasteiger partial charge in [0.05, 0.1) is 18.0 Å². The van der Waals surface area contributed by atoms with Gasteiger partial charge in [-0.3, -0.25) is 4.79 Å². The van der Waals surface area contributed by atoms with E-state index in [0.29, 0.717) is 27.3 Å². The fourth-order valence-electron chi connectivity index (χ4n) is 2.10. The van der Waals surface area contributed by atoms with Crippen molar-refractivity contribution in [2.75, 3.05) is 0 Å². The SMILES string of the molecule is O=C(Cc1ccc(Cl)cc1)NCc1nc(-c2ccccc2Cl)no1. The molecule has 0 bridgehead atoms. The summed E-state index contributed by atoms with van der Waals surface area (Å²) in [7, 11) is 0. The Morgan fingerprint density at radius 2 is 1.83 bits per heavy atom. The monoisotopic (exact) mass is 361 g/mol. The maximum absolute atomic E-state index is 11.9. The number of hydrogen-bond donors (Lipinski definition) is 1. The molecule has 1 N–H and O–H groups in total. The van der Waals surface area contributed by atoms with Gasteiger partial charge in [0.25, 0.3) is 0 Å². The van der Waals surface area contributed by atoms with Crippen molar-refractivity contribution >= 4 is 29.1 Å². The maximum Gasteiger partial charge on any atom is 0.246 e. The fourth-order valence-corrected chi connectivity index (χ4v) is 2.45. The standard InChI is InChI=1S/C17H13Cl2N3O2/c18-12-7-5-11(6-8-12)9-15(23)20-10-16-21-17(22-24-16)13-3-1-2-4-14(13)19/h1-8H,9-10H2,(H,20,23). The number of carbonyl (C=O) groups is 1. The molecule has 7 heteroatoms. The van der Waals surface area contributed by atoms with Gasteiger partial charge in [-0.15, -0.1) is 0 Å². The van der Waals surface area contributed by atoms with Crippen molar-refractivity contribution in [2.24, 2.45) is 0 Å². The molecule has 0 aliphatic heterocycles. The van der Waals surface area contributed by atoms with Gasteiger partial charge in [-0.2, -0.15) is 4.98 Å². The Kier molecular flexibility index (Phi) is 5.13. The molecule has 3 rings (SSSR count). The Labute approximate surface area is 148 Å². The van der Waals surface area contributed by atoms with E-state index < -0.39 is 0 Å². The molecule has 122 valence electrons. The van der Waals surface area contributed by atoms with Gasteiger partial charge in [0.1, 0.15) is 0 Å². The molecule has 3 aromatic rings. The molecule has 0 saturated heterocycles. The second-order valence-corrected chi connectivity index (χ2v) is 5.92. The maximum atomic E-state index is 11.9. The van der Waals surface area contributed by atoms with Gasteiger partial charge >= 0.3 is 0 Å². The van der Waals surface area contributed by atoms with E-state index in [1.165, 1.54) is 0 Å². The van der Waals surface area contributed by atoms with Crippen LogP contribution in [0.2, 0.25) is 10.0 Å². The highest BCUT2D eigenvalue weighted by atomic mass is 35.5. The fraction of sp³-hybridized carbons (Fsp3) is 0.118. The van der Waals surface area contributed by atoms with Crippen LogP contribution in [-0.2, 0) is 17.8 Å². The largest absolute Gasteiger partial charge is 0.347 e. The summed E-state index contributed by atoms with van der Waals surface area (Å²) in [6.45, 7) is 0.157. The summed E-state index contributed by atoms with van der Waals surface area (Å²) < 4.78 is 5.14. The molecule has 0 unspecified atom stereocenters. The summed E-state index contributed by atoms with van der Waals surface area (Å²) in [4.78, 5) is 16.2. The van der Waals surface area contributed by atoms with Crippen LogP contribution in [0.25, 0.3) is 11.4 Å². The molecule has 1 amide bonds. The van der Waals surface area contributed by atoms with Crippen LogP contribution in [0.1, 0.15) is 11.5 Å². The number of carbonyl (C=O) groups excluding carboxylic acids is 1. The predicted octanol–water partition coefficient (Wildman–Crippen LogP) is 3.90. The lowest BCUT2D eigenvalue weighted by atomic mass is 10.1. The first-order chi connectivity index (χ1) is 11.6. The van der Waals surface area contributed by atoms with Crippen LogP contribution < -0.4 is 5.32 Å². The number of benzene rings is 2. The second kappa shape index (κ2) is 7.47. The zero-order chi connectivity index (χ0) is 16.9. The molecule has 0 atom stereocenters. The van der Waals surface area contributed by atoms with Crippen molar-refractivity contribution in [3.8, 4) is 11.4 Å². The molecule has 0 aliphatic rings. The molecule has 0 aliphatic carbocycles. The number of hydrogen-bond acceptors (Lipinski definition) is 4. The summed E-state index contributed by atoms with van der Waals surface area (Å²) in [5.41, 5.74) is 1.56. The van der Waals surface area contributed by atoms with E-state index in [1.807, 2.05) is 24.3 Å². The minimum Gasteiger partial charge on any atom is -0.347 e. The molecule has 5 nitrogen and oxygen atoms in total. The van der Waals surface area contributed by atoms with Crippen LogP contribution in [0.15, 0.2) is 53.1 Å². The van der Waals surface area contributed by atoms with Crippen LogP contribution >= 0.6 is 23.2 Å². The highest BCUT2D eigenvalue weighted by molar-refractivity contribution is 6.33. The Morgan fingerprint density at radius 3 is 2.58 bits per heavy atom. The van der Waals surface area contributed by atoms with Crippen LogP contribution in [0.4, 0.5) is 0 Å². The average Bonchev–Trinajstić information content (AvgIpc) is 3.04. The molecular weight excluding hydrogens is 349 g/mol. The van der Waals surface area contributed by atoms with Gasteiger partial charge in [-0.1, -0.05) is 52.6 Å². The number of halogens is 2. The third kappa shape index (κ3) is 4.13. The minimum atomic E-state index is -0.144. The molecular formula is C17H13Cl2N3O2. The Bertz CT molecular complexity index is 847. The van der Waals surface area contributed by atoms with E-state index in [4.69, 9.17) is 27.7 Å². The van der Waals surface area contributed by atoms with Gasteiger partial charge in [-0.25, -0.2) is 0 Å². The summed E-state index contributed by atoms with van der Waals surface area (Å²) in [5, 5.41) is 7.80. The molecule has 2 aromatic carbocycles. The molecule has 0 radical (unpaired) electrons. The number of aromatic nitrogens is 2. The Morgan fingerprint density at radius 1 is 1.08 bits per heavy atom. The first-order valence-electron chi connectivity index (χ1n) is 7.20. The summed E-state index contributed by atoms with van der Waals surface area (Å²) >= 11 is 11.9. The van der Waals surface area contributed by atoms with Crippen molar-refractivity contribution in [2.45, 2.75) is 13.0 Å². The van der Waals surface area contributed by atoms with E-state index in [2.05, 4.69) is 15.5 Å². The molecule has 1 heterocycles.